The van der Waals surface area contributed by atoms with E-state index in [4.69, 9.17) is 13.9 Å². The number of carbonyl (C=O) groups excluding carboxylic acids is 2. The van der Waals surface area contributed by atoms with Crippen molar-refractivity contribution in [2.24, 2.45) is 5.92 Å². The van der Waals surface area contributed by atoms with Crippen LogP contribution in [0, 0.1) is 19.8 Å². The van der Waals surface area contributed by atoms with Crippen LogP contribution < -0.4 is 15.7 Å². The van der Waals surface area contributed by atoms with Crippen molar-refractivity contribution >= 4 is 28.6 Å². The van der Waals surface area contributed by atoms with Gasteiger partial charge < -0.3 is 19.2 Å². The van der Waals surface area contributed by atoms with Gasteiger partial charge in [-0.05, 0) is 68.1 Å². The Morgan fingerprint density at radius 3 is 2.20 bits per heavy atom. The number of hydrogen-bond acceptors (Lipinski definition) is 6. The van der Waals surface area contributed by atoms with E-state index >= 15 is 0 Å². The number of esters is 2. The topological polar surface area (TPSA) is 91.7 Å². The summed E-state index contributed by atoms with van der Waals surface area (Å²) >= 11 is 0. The summed E-state index contributed by atoms with van der Waals surface area (Å²) in [4.78, 5) is 28.9. The second-order valence-corrected chi connectivity index (χ2v) is 11.6. The lowest BCUT2D eigenvalue weighted by Gasteiger charge is -2.19. The standard InChI is InChI=1S/C38H40N2O5/c1-7-39-32-19-34-30(17-24(32)5)36(31-18-25(6)33(40-8-2)20-35(31)45-34)28-11-9-10-12-29(28)38(42)44-22-27-15-13-26(14-16-27)21-43-37(41)23(3)4/h9-20,23,39H,7-8,21-22H2,1-6H3/p+1. The van der Waals surface area contributed by atoms with E-state index in [1.165, 1.54) is 0 Å². The first-order valence-electron chi connectivity index (χ1n) is 15.5. The highest BCUT2D eigenvalue weighted by Crippen LogP contribution is 2.43. The van der Waals surface area contributed by atoms with Gasteiger partial charge >= 0.3 is 11.9 Å². The molecular formula is C38H41N2O5+. The van der Waals surface area contributed by atoms with Crippen LogP contribution in [0.3, 0.4) is 0 Å². The van der Waals surface area contributed by atoms with Crippen molar-refractivity contribution in [3.05, 3.63) is 106 Å². The fourth-order valence-electron chi connectivity index (χ4n) is 5.41. The van der Waals surface area contributed by atoms with Gasteiger partial charge in [0.25, 0.3) is 0 Å². The molecule has 1 aliphatic carbocycles. The van der Waals surface area contributed by atoms with Crippen LogP contribution in [-0.2, 0) is 27.5 Å². The average molecular weight is 606 g/mol. The van der Waals surface area contributed by atoms with E-state index in [1.54, 1.807) is 13.8 Å². The molecule has 232 valence electrons. The fourth-order valence-corrected chi connectivity index (χ4v) is 5.41. The quantitative estimate of drug-likeness (QED) is 0.143. The first-order chi connectivity index (χ1) is 21.7. The van der Waals surface area contributed by atoms with Gasteiger partial charge in [0, 0.05) is 40.4 Å². The summed E-state index contributed by atoms with van der Waals surface area (Å²) in [7, 11) is 0. The SMILES string of the molecule is CCNc1cc2oc3cc(=[NH+]CC)c(C)cc-3c(-c3ccccc3C(=O)OCc3ccc(COC(=O)C(C)C)cc3)c2cc1C. The number of carbonyl (C=O) groups is 2. The van der Waals surface area contributed by atoms with Crippen LogP contribution >= 0.6 is 0 Å². The maximum Gasteiger partial charge on any atom is 0.339 e. The van der Waals surface area contributed by atoms with Crippen molar-refractivity contribution in [1.82, 2.24) is 0 Å². The summed E-state index contributed by atoms with van der Waals surface area (Å²) in [6, 6.07) is 23.4. The first kappa shape index (κ1) is 31.5. The minimum Gasteiger partial charge on any atom is -0.461 e. The van der Waals surface area contributed by atoms with Gasteiger partial charge in [-0.1, -0.05) is 56.3 Å². The molecule has 2 N–H and O–H groups in total. The number of hydrogen-bond donors (Lipinski definition) is 2. The molecule has 0 saturated carbocycles. The molecule has 0 unspecified atom stereocenters. The van der Waals surface area contributed by atoms with Crippen LogP contribution in [0.2, 0.25) is 0 Å². The number of ether oxygens (including phenoxy) is 2. The smallest absolute Gasteiger partial charge is 0.339 e. The molecule has 0 bridgehead atoms. The van der Waals surface area contributed by atoms with Gasteiger partial charge in [-0.2, -0.15) is 0 Å². The van der Waals surface area contributed by atoms with E-state index < -0.39 is 5.97 Å². The second kappa shape index (κ2) is 13.8. The number of fused-ring (bicyclic) bond motifs is 2. The van der Waals surface area contributed by atoms with E-state index in [1.807, 2.05) is 60.7 Å². The summed E-state index contributed by atoms with van der Waals surface area (Å²) < 4.78 is 17.7. The number of nitrogens with one attached hydrogen (secondary N) is 2. The molecule has 0 amide bonds. The van der Waals surface area contributed by atoms with Crippen molar-refractivity contribution in [2.45, 2.75) is 54.8 Å². The predicted octanol–water partition coefficient (Wildman–Crippen LogP) is 6.31. The maximum absolute atomic E-state index is 13.7. The minimum absolute atomic E-state index is 0.112. The van der Waals surface area contributed by atoms with E-state index in [0.29, 0.717) is 5.56 Å². The summed E-state index contributed by atoms with van der Waals surface area (Å²) in [5, 5.41) is 5.36. The predicted molar refractivity (Wildman–Crippen MR) is 177 cm³/mol. The van der Waals surface area contributed by atoms with Crippen molar-refractivity contribution in [3.8, 4) is 22.5 Å². The summed E-state index contributed by atoms with van der Waals surface area (Å²) in [6.07, 6.45) is 0. The summed E-state index contributed by atoms with van der Waals surface area (Å²) in [5.41, 5.74) is 8.73. The van der Waals surface area contributed by atoms with Crippen LogP contribution in [0.25, 0.3) is 33.4 Å². The number of rotatable bonds is 10. The molecule has 0 aromatic heterocycles. The molecule has 0 saturated heterocycles. The molecule has 3 aromatic rings. The third-order valence-corrected chi connectivity index (χ3v) is 7.81. The first-order valence-corrected chi connectivity index (χ1v) is 15.5. The van der Waals surface area contributed by atoms with Crippen molar-refractivity contribution in [1.29, 1.82) is 0 Å². The van der Waals surface area contributed by atoms with Gasteiger partial charge in [0.2, 0.25) is 5.36 Å². The highest BCUT2D eigenvalue weighted by atomic mass is 16.5. The highest BCUT2D eigenvalue weighted by molar-refractivity contribution is 6.08. The number of aryl methyl sites for hydroxylation is 2. The Hall–Kier alpha value is -4.91. The lowest BCUT2D eigenvalue weighted by atomic mass is 9.89. The molecule has 0 radical (unpaired) electrons. The van der Waals surface area contributed by atoms with Crippen LogP contribution in [0.15, 0.2) is 77.2 Å². The molecule has 7 heteroatoms. The second-order valence-electron chi connectivity index (χ2n) is 11.6. The Morgan fingerprint density at radius 1 is 0.844 bits per heavy atom. The minimum atomic E-state index is -0.412. The van der Waals surface area contributed by atoms with Gasteiger partial charge in [0.05, 0.1) is 17.5 Å². The summed E-state index contributed by atoms with van der Waals surface area (Å²) in [6.45, 7) is 13.8. The van der Waals surface area contributed by atoms with Gasteiger partial charge in [-0.15, -0.1) is 0 Å². The van der Waals surface area contributed by atoms with E-state index in [9.17, 15) is 9.59 Å². The molecule has 1 aliphatic heterocycles. The van der Waals surface area contributed by atoms with Gasteiger partial charge in [-0.3, -0.25) is 4.79 Å². The van der Waals surface area contributed by atoms with E-state index in [-0.39, 0.29) is 25.1 Å². The fraction of sp³-hybridized carbons (Fsp3) is 0.289. The third kappa shape index (κ3) is 6.93. The van der Waals surface area contributed by atoms with Crippen molar-refractivity contribution < 1.29 is 28.5 Å². The number of benzene rings is 4. The zero-order valence-corrected chi connectivity index (χ0v) is 26.9. The molecule has 5 rings (SSSR count). The lowest BCUT2D eigenvalue weighted by molar-refractivity contribution is -0.496. The average Bonchev–Trinajstić information content (AvgIpc) is 3.03. The Balaban J connectivity index is 1.52. The monoisotopic (exact) mass is 605 g/mol. The molecule has 0 spiro atoms. The van der Waals surface area contributed by atoms with E-state index in [2.05, 4.69) is 50.1 Å². The molecule has 45 heavy (non-hydrogen) atoms. The van der Waals surface area contributed by atoms with E-state index in [0.717, 1.165) is 79.8 Å². The Morgan fingerprint density at radius 2 is 1.53 bits per heavy atom. The molecule has 2 aliphatic rings. The molecular weight excluding hydrogens is 564 g/mol. The summed E-state index contributed by atoms with van der Waals surface area (Å²) in [5.74, 6) is -0.0926. The number of anilines is 1. The Kier molecular flexibility index (Phi) is 9.67. The van der Waals surface area contributed by atoms with Crippen LogP contribution in [0.1, 0.15) is 60.3 Å². The molecule has 0 fully saturated rings. The van der Waals surface area contributed by atoms with Crippen molar-refractivity contribution in [3.63, 3.8) is 0 Å². The van der Waals surface area contributed by atoms with Gasteiger partial charge in [0.1, 0.15) is 31.1 Å². The van der Waals surface area contributed by atoms with Crippen molar-refractivity contribution in [2.75, 3.05) is 18.4 Å². The largest absolute Gasteiger partial charge is 0.461 e. The highest BCUT2D eigenvalue weighted by Gasteiger charge is 2.24. The molecule has 1 heterocycles. The zero-order chi connectivity index (χ0) is 32.1. The normalized spacial score (nSPS) is 11.8. The molecule has 3 aromatic carbocycles. The van der Waals surface area contributed by atoms with Gasteiger partial charge in [0.15, 0.2) is 0 Å². The molecule has 0 atom stereocenters. The lowest BCUT2D eigenvalue weighted by Crippen LogP contribution is -2.76. The zero-order valence-electron chi connectivity index (χ0n) is 26.9. The maximum atomic E-state index is 13.7. The Bertz CT molecular complexity index is 1890. The van der Waals surface area contributed by atoms with Crippen LogP contribution in [0.5, 0.6) is 0 Å². The van der Waals surface area contributed by atoms with Crippen LogP contribution in [0.4, 0.5) is 5.69 Å². The Labute approximate surface area is 264 Å². The third-order valence-electron chi connectivity index (χ3n) is 7.81. The molecule has 7 nitrogen and oxygen atoms in total. The van der Waals surface area contributed by atoms with Gasteiger partial charge in [-0.25, -0.2) is 9.79 Å². The van der Waals surface area contributed by atoms with Crippen LogP contribution in [-0.4, -0.2) is 25.0 Å².